The van der Waals surface area contributed by atoms with Crippen LogP contribution in [-0.2, 0) is 16.6 Å². The molecule has 1 aliphatic rings. The van der Waals surface area contributed by atoms with Gasteiger partial charge in [0.1, 0.15) is 0 Å². The van der Waals surface area contributed by atoms with Gasteiger partial charge in [0.2, 0.25) is 10.0 Å². The maximum absolute atomic E-state index is 12.5. The van der Waals surface area contributed by atoms with Crippen LogP contribution < -0.4 is 10.0 Å². The molecule has 0 saturated heterocycles. The Bertz CT molecular complexity index is 611. The third kappa shape index (κ3) is 4.05. The molecule has 2 N–H and O–H groups in total. The minimum absolute atomic E-state index is 0.420. The van der Waals surface area contributed by atoms with Gasteiger partial charge in [-0.3, -0.25) is 0 Å². The molecular weight excluding hydrogens is 284 g/mol. The van der Waals surface area contributed by atoms with Crippen molar-refractivity contribution in [2.45, 2.75) is 45.6 Å². The van der Waals surface area contributed by atoms with Crippen LogP contribution in [0.15, 0.2) is 17.0 Å². The average Bonchev–Trinajstić information content (AvgIpc) is 3.13. The van der Waals surface area contributed by atoms with Crippen molar-refractivity contribution in [3.63, 3.8) is 0 Å². The van der Waals surface area contributed by atoms with Crippen LogP contribution >= 0.6 is 0 Å². The van der Waals surface area contributed by atoms with Crippen molar-refractivity contribution >= 4 is 10.0 Å². The molecule has 2 rings (SSSR count). The number of nitrogens with one attached hydrogen (secondary N) is 2. The van der Waals surface area contributed by atoms with E-state index in [-0.39, 0.29) is 0 Å². The highest BCUT2D eigenvalue weighted by molar-refractivity contribution is 7.89. The van der Waals surface area contributed by atoms with Crippen LogP contribution in [-0.4, -0.2) is 21.5 Å². The summed E-state index contributed by atoms with van der Waals surface area (Å²) in [6.07, 6.45) is 1.13. The Balaban J connectivity index is 2.21. The maximum Gasteiger partial charge on any atom is 0.240 e. The van der Waals surface area contributed by atoms with E-state index in [9.17, 15) is 8.42 Å². The molecule has 5 heteroatoms. The lowest BCUT2D eigenvalue weighted by molar-refractivity contribution is 0.573. The molecule has 0 aliphatic heterocycles. The summed E-state index contributed by atoms with van der Waals surface area (Å²) in [6.45, 7) is 10.2. The van der Waals surface area contributed by atoms with Crippen LogP contribution in [0.3, 0.4) is 0 Å². The zero-order chi connectivity index (χ0) is 15.6. The van der Waals surface area contributed by atoms with Gasteiger partial charge in [-0.2, -0.15) is 0 Å². The van der Waals surface area contributed by atoms with Crippen LogP contribution in [0, 0.1) is 25.7 Å². The fourth-order valence-electron chi connectivity index (χ4n) is 2.53. The first-order valence-corrected chi connectivity index (χ1v) is 9.14. The van der Waals surface area contributed by atoms with Crippen molar-refractivity contribution in [2.75, 3.05) is 13.1 Å². The van der Waals surface area contributed by atoms with Crippen molar-refractivity contribution in [2.24, 2.45) is 11.8 Å². The van der Waals surface area contributed by atoms with Crippen molar-refractivity contribution in [1.82, 2.24) is 10.0 Å². The molecule has 1 saturated carbocycles. The van der Waals surface area contributed by atoms with E-state index in [1.165, 1.54) is 0 Å². The minimum atomic E-state index is -3.42. The summed E-state index contributed by atoms with van der Waals surface area (Å²) in [7, 11) is -3.42. The topological polar surface area (TPSA) is 58.2 Å². The zero-order valence-corrected chi connectivity index (χ0v) is 14.2. The minimum Gasteiger partial charge on any atom is -0.313 e. The standard InChI is InChI=1S/C16H26N2O2S/c1-5-17-9-14-6-11(2)13(4)16(8-14)21(19,20)18-10-15-7-12(15)3/h6,8,12,15,17-18H,5,7,9-10H2,1-4H3. The molecule has 118 valence electrons. The maximum atomic E-state index is 12.5. The van der Waals surface area contributed by atoms with E-state index in [1.54, 1.807) is 6.07 Å². The molecule has 0 amide bonds. The summed E-state index contributed by atoms with van der Waals surface area (Å²) in [5.41, 5.74) is 2.87. The van der Waals surface area contributed by atoms with Crippen molar-refractivity contribution < 1.29 is 8.42 Å². The van der Waals surface area contributed by atoms with Gasteiger partial charge in [-0.05, 0) is 61.4 Å². The predicted octanol–water partition coefficient (Wildman–Crippen LogP) is 2.35. The highest BCUT2D eigenvalue weighted by atomic mass is 32.2. The summed E-state index contributed by atoms with van der Waals surface area (Å²) < 4.78 is 27.8. The summed E-state index contributed by atoms with van der Waals surface area (Å²) in [5.74, 6) is 1.15. The van der Waals surface area contributed by atoms with E-state index in [0.717, 1.165) is 29.7 Å². The lowest BCUT2D eigenvalue weighted by atomic mass is 10.1. The van der Waals surface area contributed by atoms with E-state index in [4.69, 9.17) is 0 Å². The number of sulfonamides is 1. The molecule has 0 heterocycles. The Morgan fingerprint density at radius 1 is 1.29 bits per heavy atom. The molecule has 21 heavy (non-hydrogen) atoms. The van der Waals surface area contributed by atoms with Gasteiger partial charge in [0.25, 0.3) is 0 Å². The molecule has 1 fully saturated rings. The van der Waals surface area contributed by atoms with Gasteiger partial charge in [0.15, 0.2) is 0 Å². The van der Waals surface area contributed by atoms with Crippen LogP contribution in [0.5, 0.6) is 0 Å². The predicted molar refractivity (Wildman–Crippen MR) is 85.8 cm³/mol. The number of benzene rings is 1. The van der Waals surface area contributed by atoms with Crippen LogP contribution in [0.1, 0.15) is 37.0 Å². The van der Waals surface area contributed by atoms with Gasteiger partial charge >= 0.3 is 0 Å². The lowest BCUT2D eigenvalue weighted by Gasteiger charge is -2.14. The third-order valence-electron chi connectivity index (χ3n) is 4.36. The third-order valence-corrected chi connectivity index (χ3v) is 5.91. The number of aryl methyl sites for hydroxylation is 1. The molecule has 0 bridgehead atoms. The molecule has 1 aliphatic carbocycles. The van der Waals surface area contributed by atoms with Crippen LogP contribution in [0.4, 0.5) is 0 Å². The van der Waals surface area contributed by atoms with Crippen molar-refractivity contribution in [3.8, 4) is 0 Å². The van der Waals surface area contributed by atoms with Gasteiger partial charge in [-0.1, -0.05) is 19.9 Å². The Hall–Kier alpha value is -0.910. The highest BCUT2D eigenvalue weighted by Crippen LogP contribution is 2.37. The highest BCUT2D eigenvalue weighted by Gasteiger charge is 2.33. The van der Waals surface area contributed by atoms with Gasteiger partial charge in [-0.25, -0.2) is 13.1 Å². The fraction of sp³-hybridized carbons (Fsp3) is 0.625. The molecular formula is C16H26N2O2S. The van der Waals surface area contributed by atoms with Crippen molar-refractivity contribution in [3.05, 3.63) is 28.8 Å². The SMILES string of the molecule is CCNCc1cc(C)c(C)c(S(=O)(=O)NCC2CC2C)c1. The van der Waals surface area contributed by atoms with E-state index in [1.807, 2.05) is 20.8 Å². The number of rotatable bonds is 7. The van der Waals surface area contributed by atoms with Gasteiger partial charge in [-0.15, -0.1) is 0 Å². The molecule has 0 spiro atoms. The Labute approximate surface area is 128 Å². The Morgan fingerprint density at radius 3 is 2.52 bits per heavy atom. The summed E-state index contributed by atoms with van der Waals surface area (Å²) in [6, 6.07) is 3.85. The monoisotopic (exact) mass is 310 g/mol. The molecule has 2 unspecified atom stereocenters. The summed E-state index contributed by atoms with van der Waals surface area (Å²) in [4.78, 5) is 0.420. The zero-order valence-electron chi connectivity index (χ0n) is 13.4. The van der Waals surface area contributed by atoms with Gasteiger partial charge in [0.05, 0.1) is 4.90 Å². The van der Waals surface area contributed by atoms with E-state index in [2.05, 4.69) is 23.0 Å². The largest absolute Gasteiger partial charge is 0.313 e. The second-order valence-corrected chi connectivity index (χ2v) is 7.88. The molecule has 4 nitrogen and oxygen atoms in total. The van der Waals surface area contributed by atoms with Crippen LogP contribution in [0.25, 0.3) is 0 Å². The van der Waals surface area contributed by atoms with Crippen molar-refractivity contribution in [1.29, 1.82) is 0 Å². The molecule has 1 aromatic rings. The molecule has 2 atom stereocenters. The molecule has 1 aromatic carbocycles. The fourth-order valence-corrected chi connectivity index (χ4v) is 3.99. The summed E-state index contributed by atoms with van der Waals surface area (Å²) in [5, 5.41) is 3.24. The first-order chi connectivity index (χ1) is 9.85. The van der Waals surface area contributed by atoms with Gasteiger partial charge in [0, 0.05) is 13.1 Å². The average molecular weight is 310 g/mol. The smallest absolute Gasteiger partial charge is 0.240 e. The first-order valence-electron chi connectivity index (χ1n) is 7.65. The molecule has 0 aromatic heterocycles. The van der Waals surface area contributed by atoms with E-state index in [0.29, 0.717) is 29.8 Å². The quantitative estimate of drug-likeness (QED) is 0.813. The van der Waals surface area contributed by atoms with Gasteiger partial charge < -0.3 is 5.32 Å². The normalized spacial score (nSPS) is 21.5. The van der Waals surface area contributed by atoms with E-state index < -0.39 is 10.0 Å². The number of hydrogen-bond acceptors (Lipinski definition) is 3. The second-order valence-electron chi connectivity index (χ2n) is 6.14. The molecule has 0 radical (unpaired) electrons. The summed E-state index contributed by atoms with van der Waals surface area (Å²) >= 11 is 0. The van der Waals surface area contributed by atoms with Crippen LogP contribution in [0.2, 0.25) is 0 Å². The Morgan fingerprint density at radius 2 is 1.95 bits per heavy atom. The second kappa shape index (κ2) is 6.46. The number of hydrogen-bond donors (Lipinski definition) is 2. The van der Waals surface area contributed by atoms with E-state index >= 15 is 0 Å². The lowest BCUT2D eigenvalue weighted by Crippen LogP contribution is -2.27. The Kier molecular flexibility index (Phi) is 5.07. The first kappa shape index (κ1) is 16.5.